The summed E-state index contributed by atoms with van der Waals surface area (Å²) in [5.74, 6) is 1.50. The minimum atomic E-state index is -0.260. The summed E-state index contributed by atoms with van der Waals surface area (Å²) < 4.78 is 12.5. The van der Waals surface area contributed by atoms with E-state index in [0.29, 0.717) is 31.9 Å². The van der Waals surface area contributed by atoms with E-state index >= 15 is 0 Å². The molecule has 9 nitrogen and oxygen atoms in total. The average molecular weight is 469 g/mol. The molecule has 31 heavy (non-hydrogen) atoms. The second-order valence-electron chi connectivity index (χ2n) is 7.09. The van der Waals surface area contributed by atoms with Gasteiger partial charge in [0.25, 0.3) is 0 Å². The van der Waals surface area contributed by atoms with Gasteiger partial charge in [0, 0.05) is 37.9 Å². The quantitative estimate of drug-likeness (QED) is 0.580. The third-order valence-corrected chi connectivity index (χ3v) is 4.83. The summed E-state index contributed by atoms with van der Waals surface area (Å²) in [7, 11) is 1.62. The number of methoxy groups -OCH3 is 1. The molecular formula is C20H26Cl2N6O3. The Labute approximate surface area is 193 Å². The van der Waals surface area contributed by atoms with E-state index in [0.717, 1.165) is 22.7 Å². The molecule has 4 heterocycles. The van der Waals surface area contributed by atoms with E-state index < -0.39 is 0 Å². The van der Waals surface area contributed by atoms with Crippen molar-refractivity contribution >= 4 is 42.4 Å². The molecule has 0 unspecified atom stereocenters. The molecule has 0 aromatic carbocycles. The highest BCUT2D eigenvalue weighted by Crippen LogP contribution is 2.29. The van der Waals surface area contributed by atoms with Gasteiger partial charge in [-0.2, -0.15) is 0 Å². The maximum atomic E-state index is 12.1. The van der Waals surface area contributed by atoms with Gasteiger partial charge in [0.15, 0.2) is 5.65 Å². The zero-order valence-corrected chi connectivity index (χ0v) is 19.2. The second-order valence-corrected chi connectivity index (χ2v) is 7.09. The van der Waals surface area contributed by atoms with Gasteiger partial charge in [0.05, 0.1) is 31.3 Å². The van der Waals surface area contributed by atoms with Crippen LogP contribution in [0, 0.1) is 0 Å². The van der Waals surface area contributed by atoms with Crippen LogP contribution in [0.1, 0.15) is 13.8 Å². The molecule has 0 spiro atoms. The van der Waals surface area contributed by atoms with E-state index in [1.807, 2.05) is 36.6 Å². The zero-order valence-electron chi connectivity index (χ0n) is 17.6. The van der Waals surface area contributed by atoms with Gasteiger partial charge >= 0.3 is 6.09 Å². The smallest absolute Gasteiger partial charge is 0.410 e. The van der Waals surface area contributed by atoms with Crippen LogP contribution in [0.25, 0.3) is 16.9 Å². The number of pyridine rings is 1. The van der Waals surface area contributed by atoms with E-state index in [4.69, 9.17) is 14.6 Å². The number of nitrogens with zero attached hydrogens (tertiary/aromatic N) is 6. The molecule has 1 fully saturated rings. The van der Waals surface area contributed by atoms with Gasteiger partial charge in [0.1, 0.15) is 11.6 Å². The molecule has 0 bridgehead atoms. The van der Waals surface area contributed by atoms with E-state index in [1.165, 1.54) is 0 Å². The maximum Gasteiger partial charge on any atom is 0.410 e. The third-order valence-electron chi connectivity index (χ3n) is 4.83. The molecule has 1 aliphatic heterocycles. The Morgan fingerprint density at radius 1 is 1.06 bits per heavy atom. The van der Waals surface area contributed by atoms with Crippen LogP contribution in [0.4, 0.5) is 10.6 Å². The van der Waals surface area contributed by atoms with E-state index in [1.54, 1.807) is 30.6 Å². The molecule has 0 saturated carbocycles. The lowest BCUT2D eigenvalue weighted by molar-refractivity contribution is 0.0751. The first-order valence-corrected chi connectivity index (χ1v) is 9.60. The van der Waals surface area contributed by atoms with Crippen LogP contribution in [0.2, 0.25) is 0 Å². The van der Waals surface area contributed by atoms with Gasteiger partial charge < -0.3 is 19.3 Å². The Morgan fingerprint density at radius 2 is 1.81 bits per heavy atom. The summed E-state index contributed by atoms with van der Waals surface area (Å²) in [5.41, 5.74) is 2.46. The largest absolute Gasteiger partial charge is 0.494 e. The summed E-state index contributed by atoms with van der Waals surface area (Å²) in [6.45, 7) is 6.28. The topological polar surface area (TPSA) is 85.1 Å². The molecule has 1 aliphatic rings. The van der Waals surface area contributed by atoms with Crippen LogP contribution in [-0.2, 0) is 4.74 Å². The predicted octanol–water partition coefficient (Wildman–Crippen LogP) is 3.31. The Kier molecular flexibility index (Phi) is 8.29. The second kappa shape index (κ2) is 10.5. The fraction of sp³-hybridized carbons (Fsp3) is 0.400. The number of aromatic nitrogens is 4. The molecule has 3 aromatic rings. The molecule has 3 aromatic heterocycles. The lowest BCUT2D eigenvalue weighted by Gasteiger charge is -2.35. The Balaban J connectivity index is 0.00000171. The summed E-state index contributed by atoms with van der Waals surface area (Å²) >= 11 is 0. The van der Waals surface area contributed by atoms with E-state index in [9.17, 15) is 4.79 Å². The first-order valence-electron chi connectivity index (χ1n) is 9.60. The summed E-state index contributed by atoms with van der Waals surface area (Å²) in [4.78, 5) is 24.6. The van der Waals surface area contributed by atoms with Crippen molar-refractivity contribution in [2.24, 2.45) is 0 Å². The highest BCUT2D eigenvalue weighted by atomic mass is 35.5. The molecular weight excluding hydrogens is 443 g/mol. The van der Waals surface area contributed by atoms with Crippen LogP contribution >= 0.6 is 24.8 Å². The van der Waals surface area contributed by atoms with Gasteiger partial charge in [-0.3, -0.25) is 4.98 Å². The van der Waals surface area contributed by atoms with Crippen molar-refractivity contribution in [2.75, 3.05) is 38.2 Å². The highest BCUT2D eigenvalue weighted by molar-refractivity contribution is 5.85. The van der Waals surface area contributed by atoms with E-state index in [2.05, 4.69) is 14.9 Å². The van der Waals surface area contributed by atoms with Crippen molar-refractivity contribution in [1.82, 2.24) is 24.5 Å². The van der Waals surface area contributed by atoms with Crippen molar-refractivity contribution in [1.29, 1.82) is 0 Å². The summed E-state index contributed by atoms with van der Waals surface area (Å²) in [6, 6.07) is 5.78. The molecule has 0 atom stereocenters. The van der Waals surface area contributed by atoms with Crippen LogP contribution in [0.5, 0.6) is 5.75 Å². The number of imidazole rings is 1. The SMILES string of the molecule is COc1cnccc1-c1cnc2ccc(N3CCN(C(=O)OC(C)C)CC3)nn12.Cl.Cl. The highest BCUT2D eigenvalue weighted by Gasteiger charge is 2.24. The molecule has 0 N–H and O–H groups in total. The molecule has 1 amide bonds. The number of ether oxygens (including phenoxy) is 2. The van der Waals surface area contributed by atoms with Crippen LogP contribution in [0.15, 0.2) is 36.8 Å². The Morgan fingerprint density at radius 3 is 2.48 bits per heavy atom. The van der Waals surface area contributed by atoms with Gasteiger partial charge in [-0.05, 0) is 32.0 Å². The van der Waals surface area contributed by atoms with Crippen LogP contribution in [0.3, 0.4) is 0 Å². The molecule has 11 heteroatoms. The standard InChI is InChI=1S/C20H24N6O3.2ClH/c1-14(2)29-20(27)25-10-8-24(9-11-25)19-5-4-18-22-12-16(26(18)23-19)15-6-7-21-13-17(15)28-3;;/h4-7,12-14H,8-11H2,1-3H3;2*1H. The molecule has 1 saturated heterocycles. The number of hydrogen-bond acceptors (Lipinski definition) is 7. The lowest BCUT2D eigenvalue weighted by Crippen LogP contribution is -2.49. The summed E-state index contributed by atoms with van der Waals surface area (Å²) in [5, 5.41) is 4.80. The number of anilines is 1. The number of halogens is 2. The molecule has 0 aliphatic carbocycles. The first-order chi connectivity index (χ1) is 14.1. The molecule has 0 radical (unpaired) electrons. The monoisotopic (exact) mass is 468 g/mol. The fourth-order valence-electron chi connectivity index (χ4n) is 3.36. The van der Waals surface area contributed by atoms with Crippen molar-refractivity contribution < 1.29 is 14.3 Å². The zero-order chi connectivity index (χ0) is 20.4. The van der Waals surface area contributed by atoms with Crippen LogP contribution < -0.4 is 9.64 Å². The van der Waals surface area contributed by atoms with Gasteiger partial charge in [0.2, 0.25) is 0 Å². The number of rotatable bonds is 4. The first kappa shape index (κ1) is 24.5. The third kappa shape index (κ3) is 5.11. The van der Waals surface area contributed by atoms with Gasteiger partial charge in [-0.25, -0.2) is 14.3 Å². The van der Waals surface area contributed by atoms with E-state index in [-0.39, 0.29) is 37.0 Å². The Bertz CT molecular complexity index is 1020. The Hall–Kier alpha value is -2.78. The number of carbonyl (C=O) groups excluding carboxylic acids is 1. The van der Waals surface area contributed by atoms with Gasteiger partial charge in [-0.15, -0.1) is 29.9 Å². The van der Waals surface area contributed by atoms with Crippen molar-refractivity contribution in [3.8, 4) is 17.0 Å². The van der Waals surface area contributed by atoms with Crippen LogP contribution in [-0.4, -0.2) is 70.0 Å². The normalized spacial score (nSPS) is 13.5. The fourth-order valence-corrected chi connectivity index (χ4v) is 3.36. The average Bonchev–Trinajstić information content (AvgIpc) is 3.16. The number of amides is 1. The number of fused-ring (bicyclic) bond motifs is 1. The predicted molar refractivity (Wildman–Crippen MR) is 123 cm³/mol. The minimum Gasteiger partial charge on any atom is -0.494 e. The number of hydrogen-bond donors (Lipinski definition) is 0. The minimum absolute atomic E-state index is 0. The van der Waals surface area contributed by atoms with Crippen molar-refractivity contribution in [2.45, 2.75) is 20.0 Å². The maximum absolute atomic E-state index is 12.1. The molecule has 4 rings (SSSR count). The van der Waals surface area contributed by atoms with Gasteiger partial charge in [-0.1, -0.05) is 0 Å². The summed E-state index contributed by atoms with van der Waals surface area (Å²) in [6.07, 6.45) is 4.80. The molecule has 168 valence electrons. The van der Waals surface area contributed by atoms with Crippen molar-refractivity contribution in [3.05, 3.63) is 36.8 Å². The number of piperazine rings is 1. The van der Waals surface area contributed by atoms with Crippen molar-refractivity contribution in [3.63, 3.8) is 0 Å². The lowest BCUT2D eigenvalue weighted by atomic mass is 10.2. The number of carbonyl (C=O) groups is 1.